The molecule has 0 aliphatic carbocycles. The molecule has 0 amide bonds. The molecule has 0 radical (unpaired) electrons. The van der Waals surface area contributed by atoms with Crippen molar-refractivity contribution in [3.05, 3.63) is 90.5 Å². The number of hydrogen-bond donors (Lipinski definition) is 2. The molecular weight excluding hydrogens is 306 g/mol. The average molecular weight is 329 g/mol. The maximum Gasteiger partial charge on any atom is 0.119 e. The van der Waals surface area contributed by atoms with Crippen LogP contribution < -0.4 is 0 Å². The molecule has 2 heteroatoms. The predicted octanol–water partition coefficient (Wildman–Crippen LogP) is 6.35. The Bertz CT molecular complexity index is 879. The van der Waals surface area contributed by atoms with Crippen molar-refractivity contribution in [2.24, 2.45) is 0 Å². The maximum atomic E-state index is 9.88. The minimum atomic E-state index is 0.310. The van der Waals surface area contributed by atoms with Crippen molar-refractivity contribution >= 4 is 10.9 Å². The van der Waals surface area contributed by atoms with Gasteiger partial charge in [0.2, 0.25) is 0 Å². The second kappa shape index (κ2) is 7.71. The van der Waals surface area contributed by atoms with Gasteiger partial charge in [-0.2, -0.15) is 0 Å². The first-order chi connectivity index (χ1) is 12.1. The van der Waals surface area contributed by atoms with Crippen molar-refractivity contribution in [1.29, 1.82) is 0 Å². The fraction of sp³-hybridized carbons (Fsp3) is 0.130. The van der Waals surface area contributed by atoms with Crippen molar-refractivity contribution in [3.63, 3.8) is 0 Å². The molecule has 3 aromatic carbocycles. The van der Waals surface area contributed by atoms with E-state index in [1.807, 2.05) is 54.6 Å². The van der Waals surface area contributed by atoms with Crippen LogP contribution in [0.15, 0.2) is 84.9 Å². The van der Waals surface area contributed by atoms with Gasteiger partial charge in [0.05, 0.1) is 0 Å². The number of hydrogen-bond acceptors (Lipinski definition) is 1. The molecule has 0 bridgehead atoms. The lowest BCUT2D eigenvalue weighted by Gasteiger charge is -2.09. The monoisotopic (exact) mass is 329 g/mol. The van der Waals surface area contributed by atoms with Gasteiger partial charge in [0, 0.05) is 16.6 Å². The SMILES string of the molecule is CC(C)c1cc(-c2cc3ccccc3[nH]2)ccc1O.c1ccccc1. The molecule has 0 spiro atoms. The van der Waals surface area contributed by atoms with Crippen molar-refractivity contribution < 1.29 is 5.11 Å². The fourth-order valence-corrected chi connectivity index (χ4v) is 2.80. The number of H-pyrrole nitrogens is 1. The lowest BCUT2D eigenvalue weighted by Crippen LogP contribution is -1.89. The Morgan fingerprint density at radius 3 is 2.00 bits per heavy atom. The molecule has 0 fully saturated rings. The summed E-state index contributed by atoms with van der Waals surface area (Å²) in [5.74, 6) is 0.680. The van der Waals surface area contributed by atoms with Gasteiger partial charge in [-0.1, -0.05) is 68.4 Å². The molecule has 126 valence electrons. The second-order valence-electron chi connectivity index (χ2n) is 6.35. The zero-order chi connectivity index (χ0) is 17.6. The van der Waals surface area contributed by atoms with Crippen molar-refractivity contribution in [3.8, 4) is 17.0 Å². The highest BCUT2D eigenvalue weighted by atomic mass is 16.3. The van der Waals surface area contributed by atoms with Gasteiger partial charge < -0.3 is 10.1 Å². The van der Waals surface area contributed by atoms with E-state index >= 15 is 0 Å². The Morgan fingerprint density at radius 1 is 0.760 bits per heavy atom. The smallest absolute Gasteiger partial charge is 0.119 e. The van der Waals surface area contributed by atoms with E-state index in [-0.39, 0.29) is 0 Å². The van der Waals surface area contributed by atoms with E-state index in [9.17, 15) is 5.11 Å². The van der Waals surface area contributed by atoms with Crippen LogP contribution in [0.3, 0.4) is 0 Å². The Hall–Kier alpha value is -3.00. The van der Waals surface area contributed by atoms with Crippen LogP contribution in [0.1, 0.15) is 25.3 Å². The minimum Gasteiger partial charge on any atom is -0.508 e. The molecule has 2 N–H and O–H groups in total. The predicted molar refractivity (Wildman–Crippen MR) is 106 cm³/mol. The number of rotatable bonds is 2. The topological polar surface area (TPSA) is 36.0 Å². The Kier molecular flexibility index (Phi) is 5.20. The van der Waals surface area contributed by atoms with Crippen LogP contribution >= 0.6 is 0 Å². The normalized spacial score (nSPS) is 10.5. The standard InChI is InChI=1S/C17H17NO.C6H6/c1-11(2)14-9-13(7-8-17(14)19)16-10-12-5-3-4-6-15(12)18-16;1-2-4-6-5-3-1/h3-11,18-19H,1-2H3;1-6H. The van der Waals surface area contributed by atoms with E-state index in [0.717, 1.165) is 22.3 Å². The van der Waals surface area contributed by atoms with Gasteiger partial charge in [0.15, 0.2) is 0 Å². The molecule has 0 aliphatic rings. The highest BCUT2D eigenvalue weighted by Crippen LogP contribution is 2.31. The largest absolute Gasteiger partial charge is 0.508 e. The van der Waals surface area contributed by atoms with Crippen LogP contribution in [0.25, 0.3) is 22.2 Å². The third-order valence-corrected chi connectivity index (χ3v) is 4.16. The number of phenols is 1. The molecular formula is C23H23NO. The first-order valence-corrected chi connectivity index (χ1v) is 8.56. The molecule has 0 saturated carbocycles. The maximum absolute atomic E-state index is 9.88. The highest BCUT2D eigenvalue weighted by molar-refractivity contribution is 5.85. The van der Waals surface area contributed by atoms with Crippen molar-refractivity contribution in [2.75, 3.05) is 0 Å². The Labute approximate surface area is 148 Å². The summed E-state index contributed by atoms with van der Waals surface area (Å²) in [5.41, 5.74) is 4.31. The molecule has 0 atom stereocenters. The lowest BCUT2D eigenvalue weighted by atomic mass is 9.98. The fourth-order valence-electron chi connectivity index (χ4n) is 2.80. The zero-order valence-corrected chi connectivity index (χ0v) is 14.6. The van der Waals surface area contributed by atoms with E-state index in [4.69, 9.17) is 0 Å². The van der Waals surface area contributed by atoms with E-state index in [0.29, 0.717) is 11.7 Å². The van der Waals surface area contributed by atoms with Crippen LogP contribution in [0, 0.1) is 0 Å². The summed E-state index contributed by atoms with van der Waals surface area (Å²) in [6.45, 7) is 4.17. The van der Waals surface area contributed by atoms with Crippen LogP contribution in [-0.2, 0) is 0 Å². The molecule has 2 nitrogen and oxygen atoms in total. The number of aromatic hydroxyl groups is 1. The van der Waals surface area contributed by atoms with Gasteiger partial charge in [-0.15, -0.1) is 0 Å². The first kappa shape index (κ1) is 16.8. The van der Waals surface area contributed by atoms with Gasteiger partial charge in [0.1, 0.15) is 5.75 Å². The number of nitrogens with one attached hydrogen (secondary N) is 1. The molecule has 4 aromatic rings. The average Bonchev–Trinajstić information content (AvgIpc) is 3.08. The van der Waals surface area contributed by atoms with Crippen LogP contribution in [-0.4, -0.2) is 10.1 Å². The van der Waals surface area contributed by atoms with Crippen LogP contribution in [0.4, 0.5) is 0 Å². The third kappa shape index (κ3) is 4.10. The van der Waals surface area contributed by atoms with Gasteiger partial charge in [-0.3, -0.25) is 0 Å². The van der Waals surface area contributed by atoms with Crippen LogP contribution in [0.5, 0.6) is 5.75 Å². The van der Waals surface area contributed by atoms with E-state index < -0.39 is 0 Å². The first-order valence-electron chi connectivity index (χ1n) is 8.56. The summed E-state index contributed by atoms with van der Waals surface area (Å²) in [7, 11) is 0. The van der Waals surface area contributed by atoms with Gasteiger partial charge in [-0.05, 0) is 47.4 Å². The summed E-state index contributed by atoms with van der Waals surface area (Å²) in [4.78, 5) is 3.42. The zero-order valence-electron chi connectivity index (χ0n) is 14.6. The lowest BCUT2D eigenvalue weighted by molar-refractivity contribution is 0.465. The molecule has 0 aliphatic heterocycles. The van der Waals surface area contributed by atoms with Gasteiger partial charge >= 0.3 is 0 Å². The molecule has 4 rings (SSSR count). The number of fused-ring (bicyclic) bond motifs is 1. The summed E-state index contributed by atoms with van der Waals surface area (Å²) in [5, 5.41) is 11.1. The Morgan fingerprint density at radius 2 is 1.40 bits per heavy atom. The third-order valence-electron chi connectivity index (χ3n) is 4.16. The highest BCUT2D eigenvalue weighted by Gasteiger charge is 2.09. The molecule has 0 saturated heterocycles. The Balaban J connectivity index is 0.000000258. The molecule has 0 unspecified atom stereocenters. The minimum absolute atomic E-state index is 0.310. The second-order valence-corrected chi connectivity index (χ2v) is 6.35. The van der Waals surface area contributed by atoms with E-state index in [1.54, 1.807) is 6.07 Å². The van der Waals surface area contributed by atoms with Gasteiger partial charge in [0.25, 0.3) is 0 Å². The van der Waals surface area contributed by atoms with Gasteiger partial charge in [-0.25, -0.2) is 0 Å². The summed E-state index contributed by atoms with van der Waals surface area (Å²) < 4.78 is 0. The molecule has 1 heterocycles. The number of phenolic OH excluding ortho intramolecular Hbond substituents is 1. The number of aromatic amines is 1. The quantitative estimate of drug-likeness (QED) is 0.441. The summed E-state index contributed by atoms with van der Waals surface area (Å²) in [6, 6.07) is 28.2. The summed E-state index contributed by atoms with van der Waals surface area (Å²) in [6.07, 6.45) is 0. The number of para-hydroxylation sites is 1. The van der Waals surface area contributed by atoms with Crippen molar-refractivity contribution in [2.45, 2.75) is 19.8 Å². The number of benzene rings is 3. The number of aromatic nitrogens is 1. The molecule has 1 aromatic heterocycles. The molecule has 25 heavy (non-hydrogen) atoms. The van der Waals surface area contributed by atoms with Crippen molar-refractivity contribution in [1.82, 2.24) is 4.98 Å². The van der Waals surface area contributed by atoms with E-state index in [2.05, 4.69) is 43.1 Å². The summed E-state index contributed by atoms with van der Waals surface area (Å²) >= 11 is 0. The van der Waals surface area contributed by atoms with E-state index in [1.165, 1.54) is 5.39 Å². The van der Waals surface area contributed by atoms with Crippen LogP contribution in [0.2, 0.25) is 0 Å².